The van der Waals surface area contributed by atoms with Gasteiger partial charge < -0.3 is 14.6 Å². The van der Waals surface area contributed by atoms with Gasteiger partial charge in [0.15, 0.2) is 11.4 Å². The summed E-state index contributed by atoms with van der Waals surface area (Å²) in [6.45, 7) is 9.77. The molecule has 1 aromatic carbocycles. The number of aromatic amines is 1. The number of imidazole rings is 1. The highest BCUT2D eigenvalue weighted by molar-refractivity contribution is 5.85. The van der Waals surface area contributed by atoms with Crippen molar-refractivity contribution >= 4 is 16.7 Å². The molecule has 0 radical (unpaired) electrons. The number of hydrogen-bond acceptors (Lipinski definition) is 5. The van der Waals surface area contributed by atoms with Crippen LogP contribution in [0.2, 0.25) is 0 Å². The fourth-order valence-corrected chi connectivity index (χ4v) is 5.26. The van der Waals surface area contributed by atoms with Gasteiger partial charge in [0.2, 0.25) is 0 Å². The standard InChI is InChI=1S/C25H32N6O2/c1-5-17-9-22-21(11-20(17)18-10-23(33-4)24-26-15-27-30(24)13-18)28-25(32)31(22)19-7-6-8-29(14-19)12-16(2)3/h9-11,13,15-16,19H,5-8,12,14H2,1-4H3,(H,28,32)/t19-/m1/s1. The van der Waals surface area contributed by atoms with E-state index in [0.29, 0.717) is 17.3 Å². The lowest BCUT2D eigenvalue weighted by atomic mass is 9.97. The van der Waals surface area contributed by atoms with Gasteiger partial charge in [-0.2, -0.15) is 5.10 Å². The van der Waals surface area contributed by atoms with Crippen molar-refractivity contribution in [1.82, 2.24) is 29.0 Å². The molecule has 33 heavy (non-hydrogen) atoms. The van der Waals surface area contributed by atoms with Gasteiger partial charge >= 0.3 is 5.69 Å². The van der Waals surface area contributed by atoms with Crippen LogP contribution in [0.5, 0.6) is 5.75 Å². The minimum Gasteiger partial charge on any atom is -0.493 e. The summed E-state index contributed by atoms with van der Waals surface area (Å²) in [5, 5.41) is 4.30. The molecule has 0 saturated carbocycles. The molecule has 1 aliphatic heterocycles. The van der Waals surface area contributed by atoms with Gasteiger partial charge in [-0.1, -0.05) is 20.8 Å². The highest BCUT2D eigenvalue weighted by Gasteiger charge is 2.25. The third kappa shape index (κ3) is 3.93. The second kappa shape index (κ2) is 8.67. The molecule has 3 aromatic heterocycles. The van der Waals surface area contributed by atoms with Crippen LogP contribution in [0.15, 0.2) is 35.5 Å². The van der Waals surface area contributed by atoms with Crippen molar-refractivity contribution in [2.24, 2.45) is 5.92 Å². The number of hydrogen-bond donors (Lipinski definition) is 1. The number of aryl methyl sites for hydroxylation is 1. The Balaban J connectivity index is 1.60. The van der Waals surface area contributed by atoms with Crippen LogP contribution >= 0.6 is 0 Å². The molecule has 1 N–H and O–H groups in total. The number of methoxy groups -OCH3 is 1. The molecule has 4 aromatic rings. The molecule has 0 aliphatic carbocycles. The van der Waals surface area contributed by atoms with Gasteiger partial charge in [-0.3, -0.25) is 4.57 Å². The van der Waals surface area contributed by atoms with Gasteiger partial charge in [-0.05, 0) is 61.1 Å². The monoisotopic (exact) mass is 448 g/mol. The van der Waals surface area contributed by atoms with E-state index in [1.807, 2.05) is 16.8 Å². The molecule has 1 atom stereocenters. The molecule has 174 valence electrons. The number of likely N-dealkylation sites (tertiary alicyclic amines) is 1. The Bertz CT molecular complexity index is 1350. The molecule has 0 unspecified atom stereocenters. The first-order valence-corrected chi connectivity index (χ1v) is 11.9. The lowest BCUT2D eigenvalue weighted by Crippen LogP contribution is -2.40. The Morgan fingerprint density at radius 2 is 2.12 bits per heavy atom. The Hall–Kier alpha value is -3.13. The van der Waals surface area contributed by atoms with Gasteiger partial charge in [0.05, 0.1) is 24.2 Å². The van der Waals surface area contributed by atoms with Gasteiger partial charge in [-0.25, -0.2) is 14.3 Å². The lowest BCUT2D eigenvalue weighted by molar-refractivity contribution is 0.161. The first kappa shape index (κ1) is 21.7. The highest BCUT2D eigenvalue weighted by atomic mass is 16.5. The average molecular weight is 449 g/mol. The third-order valence-corrected chi connectivity index (χ3v) is 6.66. The second-order valence-corrected chi connectivity index (χ2v) is 9.46. The summed E-state index contributed by atoms with van der Waals surface area (Å²) in [5.74, 6) is 1.29. The topological polar surface area (TPSA) is 80.5 Å². The summed E-state index contributed by atoms with van der Waals surface area (Å²) in [5.41, 5.74) is 5.76. The molecule has 0 amide bonds. The number of ether oxygens (including phenoxy) is 1. The van der Waals surface area contributed by atoms with Crippen LogP contribution < -0.4 is 10.4 Å². The summed E-state index contributed by atoms with van der Waals surface area (Å²) in [6.07, 6.45) is 6.49. The summed E-state index contributed by atoms with van der Waals surface area (Å²) in [4.78, 5) is 23.0. The second-order valence-electron chi connectivity index (χ2n) is 9.46. The summed E-state index contributed by atoms with van der Waals surface area (Å²) in [7, 11) is 1.64. The normalized spacial score (nSPS) is 17.4. The van der Waals surface area contributed by atoms with Crippen molar-refractivity contribution in [3.05, 3.63) is 46.8 Å². The van der Waals surface area contributed by atoms with Crippen LogP contribution in [-0.4, -0.2) is 55.8 Å². The number of pyridine rings is 1. The number of nitrogens with one attached hydrogen (secondary N) is 1. The molecule has 8 heteroatoms. The maximum absolute atomic E-state index is 13.1. The molecular weight excluding hydrogens is 416 g/mol. The molecule has 8 nitrogen and oxygen atoms in total. The zero-order valence-electron chi connectivity index (χ0n) is 19.8. The van der Waals surface area contributed by atoms with E-state index in [4.69, 9.17) is 4.74 Å². The van der Waals surface area contributed by atoms with Crippen molar-refractivity contribution in [3.8, 4) is 16.9 Å². The zero-order chi connectivity index (χ0) is 23.1. The van der Waals surface area contributed by atoms with E-state index >= 15 is 0 Å². The van der Waals surface area contributed by atoms with Crippen molar-refractivity contribution in [1.29, 1.82) is 0 Å². The number of nitrogens with zero attached hydrogens (tertiary/aromatic N) is 5. The van der Waals surface area contributed by atoms with Gasteiger partial charge in [0.25, 0.3) is 0 Å². The summed E-state index contributed by atoms with van der Waals surface area (Å²) < 4.78 is 9.28. The predicted molar refractivity (Wildman–Crippen MR) is 130 cm³/mol. The first-order valence-electron chi connectivity index (χ1n) is 11.9. The van der Waals surface area contributed by atoms with Gasteiger partial charge in [-0.15, -0.1) is 0 Å². The van der Waals surface area contributed by atoms with Crippen LogP contribution in [0.25, 0.3) is 27.8 Å². The van der Waals surface area contributed by atoms with E-state index in [9.17, 15) is 4.79 Å². The van der Waals surface area contributed by atoms with E-state index in [1.54, 1.807) is 11.6 Å². The molecule has 1 aliphatic rings. The van der Waals surface area contributed by atoms with Crippen LogP contribution in [0.1, 0.15) is 45.2 Å². The van der Waals surface area contributed by atoms with Crippen LogP contribution in [-0.2, 0) is 6.42 Å². The Kier molecular flexibility index (Phi) is 5.70. The number of rotatable bonds is 6. The van der Waals surface area contributed by atoms with Gasteiger partial charge in [0, 0.05) is 24.8 Å². The molecule has 4 heterocycles. The van der Waals surface area contributed by atoms with Crippen LogP contribution in [0.4, 0.5) is 0 Å². The van der Waals surface area contributed by atoms with Crippen molar-refractivity contribution in [2.45, 2.75) is 46.1 Å². The van der Waals surface area contributed by atoms with E-state index < -0.39 is 0 Å². The van der Waals surface area contributed by atoms with E-state index in [-0.39, 0.29) is 11.7 Å². The number of aromatic nitrogens is 5. The highest BCUT2D eigenvalue weighted by Crippen LogP contribution is 2.33. The molecule has 0 bridgehead atoms. The molecule has 5 rings (SSSR count). The molecule has 0 spiro atoms. The van der Waals surface area contributed by atoms with Gasteiger partial charge in [0.1, 0.15) is 6.33 Å². The lowest BCUT2D eigenvalue weighted by Gasteiger charge is -2.34. The SMILES string of the molecule is CCc1cc2c(cc1-c1cc(OC)c3ncnn3c1)[nH]c(=O)n2[C@@H]1CCCN(CC(C)C)C1. The van der Waals surface area contributed by atoms with E-state index in [0.717, 1.165) is 61.1 Å². The maximum atomic E-state index is 13.1. The number of benzene rings is 1. The summed E-state index contributed by atoms with van der Waals surface area (Å²) >= 11 is 0. The molecular formula is C25H32N6O2. The van der Waals surface area contributed by atoms with Crippen molar-refractivity contribution in [3.63, 3.8) is 0 Å². The smallest absolute Gasteiger partial charge is 0.326 e. The van der Waals surface area contributed by atoms with Crippen LogP contribution in [0.3, 0.4) is 0 Å². The average Bonchev–Trinajstić information content (AvgIpc) is 3.40. The molecule has 1 saturated heterocycles. The largest absolute Gasteiger partial charge is 0.493 e. The van der Waals surface area contributed by atoms with Crippen LogP contribution in [0, 0.1) is 5.92 Å². The van der Waals surface area contributed by atoms with E-state index in [1.165, 1.54) is 11.9 Å². The minimum absolute atomic E-state index is 0.0232. The zero-order valence-corrected chi connectivity index (χ0v) is 19.8. The Morgan fingerprint density at radius 3 is 2.88 bits per heavy atom. The number of H-pyrrole nitrogens is 1. The quantitative estimate of drug-likeness (QED) is 0.484. The van der Waals surface area contributed by atoms with Crippen molar-refractivity contribution < 1.29 is 4.74 Å². The number of fused-ring (bicyclic) bond motifs is 2. The maximum Gasteiger partial charge on any atom is 0.326 e. The predicted octanol–water partition coefficient (Wildman–Crippen LogP) is 3.90. The fraction of sp³-hybridized carbons (Fsp3) is 0.480. The van der Waals surface area contributed by atoms with Crippen molar-refractivity contribution in [2.75, 3.05) is 26.7 Å². The molecule has 1 fully saturated rings. The Morgan fingerprint density at radius 1 is 1.27 bits per heavy atom. The third-order valence-electron chi connectivity index (χ3n) is 6.66. The minimum atomic E-state index is -0.0232. The first-order chi connectivity index (χ1) is 16.0. The Labute approximate surface area is 193 Å². The fourth-order valence-electron chi connectivity index (χ4n) is 5.26. The summed E-state index contributed by atoms with van der Waals surface area (Å²) in [6, 6.07) is 6.46. The van der Waals surface area contributed by atoms with E-state index in [2.05, 4.69) is 52.9 Å². The number of piperidine rings is 1.